The molecule has 1 aromatic carbocycles. The van der Waals surface area contributed by atoms with Crippen molar-refractivity contribution in [1.82, 2.24) is 25.4 Å². The predicted octanol–water partition coefficient (Wildman–Crippen LogP) is 3.29. The topological polar surface area (TPSA) is 97.5 Å². The standard InChI is InChI=1S/C30H40FN5O3/c1-17(32-2)28(37)34-26(18-6-4-3-5-7-18)30(39)35-13-12-25-27(35)23(16-36(25)29(38)19-8-9-19)22-15-33-24-14-20(31)10-11-21(22)24/h10-11,14-15,17-19,23,25-27,32-33H,3-9,12-13,16H2,1-2H3,(H,34,37). The Bertz CT molecular complexity index is 1250. The first-order valence-corrected chi connectivity index (χ1v) is 14.7. The third-order valence-electron chi connectivity index (χ3n) is 9.71. The van der Waals surface area contributed by atoms with E-state index in [4.69, 9.17) is 0 Å². The van der Waals surface area contributed by atoms with Gasteiger partial charge in [0, 0.05) is 42.0 Å². The number of carbonyl (C=O) groups is 3. The van der Waals surface area contributed by atoms with E-state index in [0.717, 1.165) is 67.8 Å². The van der Waals surface area contributed by atoms with Gasteiger partial charge >= 0.3 is 0 Å². The summed E-state index contributed by atoms with van der Waals surface area (Å²) in [6.45, 7) is 2.92. The number of nitrogens with zero attached hydrogens (tertiary/aromatic N) is 2. The molecule has 3 heterocycles. The van der Waals surface area contributed by atoms with Gasteiger partial charge < -0.3 is 25.4 Å². The normalized spacial score (nSPS) is 27.0. The highest BCUT2D eigenvalue weighted by Gasteiger charge is 2.55. The second kappa shape index (κ2) is 10.6. The molecule has 2 aromatic rings. The number of carbonyl (C=O) groups excluding carboxylic acids is 3. The molecule has 2 saturated carbocycles. The van der Waals surface area contributed by atoms with Crippen LogP contribution in [0.1, 0.15) is 69.8 Å². The molecule has 210 valence electrons. The maximum Gasteiger partial charge on any atom is 0.245 e. The number of aromatic nitrogens is 1. The van der Waals surface area contributed by atoms with Crippen LogP contribution in [0, 0.1) is 17.7 Å². The van der Waals surface area contributed by atoms with Crippen LogP contribution in [-0.2, 0) is 14.4 Å². The first-order chi connectivity index (χ1) is 18.9. The Labute approximate surface area is 229 Å². The van der Waals surface area contributed by atoms with Crippen LogP contribution in [0.5, 0.6) is 0 Å². The molecule has 5 unspecified atom stereocenters. The Morgan fingerprint density at radius 1 is 1.05 bits per heavy atom. The van der Waals surface area contributed by atoms with E-state index in [2.05, 4.69) is 15.6 Å². The van der Waals surface area contributed by atoms with E-state index in [-0.39, 0.29) is 53.4 Å². The molecule has 0 spiro atoms. The fourth-order valence-corrected chi connectivity index (χ4v) is 7.30. The smallest absolute Gasteiger partial charge is 0.245 e. The summed E-state index contributed by atoms with van der Waals surface area (Å²) in [6, 6.07) is 3.57. The lowest BCUT2D eigenvalue weighted by atomic mass is 9.82. The number of likely N-dealkylation sites (N-methyl/N-ethyl adjacent to an activating group) is 1. The van der Waals surface area contributed by atoms with Gasteiger partial charge in [-0.25, -0.2) is 4.39 Å². The Morgan fingerprint density at radius 3 is 2.54 bits per heavy atom. The number of rotatable bonds is 7. The Hall–Kier alpha value is -2.94. The number of hydrogen-bond acceptors (Lipinski definition) is 4. The lowest BCUT2D eigenvalue weighted by molar-refractivity contribution is -0.140. The van der Waals surface area contributed by atoms with Gasteiger partial charge in [-0.3, -0.25) is 14.4 Å². The summed E-state index contributed by atoms with van der Waals surface area (Å²) < 4.78 is 14.0. The monoisotopic (exact) mass is 537 g/mol. The number of benzene rings is 1. The van der Waals surface area contributed by atoms with Gasteiger partial charge in [0.05, 0.1) is 18.1 Å². The zero-order chi connectivity index (χ0) is 27.3. The van der Waals surface area contributed by atoms with E-state index >= 15 is 0 Å². The predicted molar refractivity (Wildman–Crippen MR) is 146 cm³/mol. The van der Waals surface area contributed by atoms with Crippen molar-refractivity contribution in [3.05, 3.63) is 35.8 Å². The maximum absolute atomic E-state index is 14.4. The minimum absolute atomic E-state index is 0.0253. The molecule has 2 aliphatic heterocycles. The molecule has 6 rings (SSSR count). The second-order valence-corrected chi connectivity index (χ2v) is 12.1. The van der Waals surface area contributed by atoms with Crippen molar-refractivity contribution in [2.75, 3.05) is 20.1 Å². The van der Waals surface area contributed by atoms with Crippen molar-refractivity contribution in [1.29, 1.82) is 0 Å². The molecule has 2 saturated heterocycles. The average molecular weight is 538 g/mol. The molecule has 1 aromatic heterocycles. The average Bonchev–Trinajstić information content (AvgIpc) is 3.42. The van der Waals surface area contributed by atoms with Crippen molar-refractivity contribution in [2.24, 2.45) is 11.8 Å². The number of aromatic amines is 1. The molecular weight excluding hydrogens is 497 g/mol. The molecule has 3 N–H and O–H groups in total. The van der Waals surface area contributed by atoms with Crippen LogP contribution in [-0.4, -0.2) is 76.8 Å². The van der Waals surface area contributed by atoms with Gasteiger partial charge in [-0.1, -0.05) is 19.3 Å². The fraction of sp³-hybridized carbons (Fsp3) is 0.633. The Balaban J connectivity index is 1.34. The van der Waals surface area contributed by atoms with Gasteiger partial charge in [0.25, 0.3) is 0 Å². The molecule has 0 bridgehead atoms. The number of hydrogen-bond donors (Lipinski definition) is 3. The number of fused-ring (bicyclic) bond motifs is 2. The molecule has 2 aliphatic carbocycles. The molecule has 4 fully saturated rings. The summed E-state index contributed by atoms with van der Waals surface area (Å²) >= 11 is 0. The van der Waals surface area contributed by atoms with Crippen molar-refractivity contribution < 1.29 is 18.8 Å². The number of amides is 3. The number of H-pyrrole nitrogens is 1. The highest BCUT2D eigenvalue weighted by molar-refractivity contribution is 5.91. The van der Waals surface area contributed by atoms with Gasteiger partial charge in [-0.15, -0.1) is 0 Å². The van der Waals surface area contributed by atoms with Gasteiger partial charge in [-0.05, 0) is 75.8 Å². The van der Waals surface area contributed by atoms with E-state index in [1.165, 1.54) is 12.1 Å². The molecular formula is C30H40FN5O3. The lowest BCUT2D eigenvalue weighted by Crippen LogP contribution is -2.57. The molecule has 9 heteroatoms. The van der Waals surface area contributed by atoms with E-state index < -0.39 is 12.1 Å². The zero-order valence-corrected chi connectivity index (χ0v) is 22.9. The lowest BCUT2D eigenvalue weighted by Gasteiger charge is -2.36. The molecule has 3 amide bonds. The van der Waals surface area contributed by atoms with Crippen LogP contribution in [0.15, 0.2) is 24.4 Å². The molecule has 8 nitrogen and oxygen atoms in total. The summed E-state index contributed by atoms with van der Waals surface area (Å²) in [5, 5.41) is 7.04. The summed E-state index contributed by atoms with van der Waals surface area (Å²) in [5.74, 6) is -0.158. The van der Waals surface area contributed by atoms with Gasteiger partial charge in [-0.2, -0.15) is 0 Å². The highest BCUT2D eigenvalue weighted by Crippen LogP contribution is 2.46. The summed E-state index contributed by atoms with van der Waals surface area (Å²) in [5.41, 5.74) is 1.74. The highest BCUT2D eigenvalue weighted by atomic mass is 19.1. The van der Waals surface area contributed by atoms with Crippen molar-refractivity contribution in [3.63, 3.8) is 0 Å². The van der Waals surface area contributed by atoms with Crippen LogP contribution >= 0.6 is 0 Å². The summed E-state index contributed by atoms with van der Waals surface area (Å²) in [6.07, 6.45) is 9.68. The van der Waals surface area contributed by atoms with Crippen LogP contribution in [0.2, 0.25) is 0 Å². The minimum atomic E-state index is -0.571. The van der Waals surface area contributed by atoms with Crippen LogP contribution in [0.4, 0.5) is 4.39 Å². The Morgan fingerprint density at radius 2 is 1.82 bits per heavy atom. The van der Waals surface area contributed by atoms with Crippen LogP contribution < -0.4 is 10.6 Å². The first kappa shape index (κ1) is 26.3. The second-order valence-electron chi connectivity index (χ2n) is 12.1. The fourth-order valence-electron chi connectivity index (χ4n) is 7.30. The Kier molecular flexibility index (Phi) is 7.12. The van der Waals surface area contributed by atoms with Gasteiger partial charge in [0.2, 0.25) is 17.7 Å². The number of halogens is 1. The van der Waals surface area contributed by atoms with E-state index in [1.807, 2.05) is 16.0 Å². The SMILES string of the molecule is CNC(C)C(=O)NC(C(=O)N1CCC2C1C(c1c[nH]c3cc(F)ccc13)CN2C(=O)C1CC1)C1CCCCC1. The van der Waals surface area contributed by atoms with Gasteiger partial charge in [0.1, 0.15) is 11.9 Å². The van der Waals surface area contributed by atoms with Crippen molar-refractivity contribution in [3.8, 4) is 0 Å². The third-order valence-corrected chi connectivity index (χ3v) is 9.71. The van der Waals surface area contributed by atoms with E-state index in [0.29, 0.717) is 13.1 Å². The third kappa shape index (κ3) is 4.83. The summed E-state index contributed by atoms with van der Waals surface area (Å²) in [4.78, 5) is 48.0. The number of nitrogens with one attached hydrogen (secondary N) is 3. The zero-order valence-electron chi connectivity index (χ0n) is 22.9. The first-order valence-electron chi connectivity index (χ1n) is 14.7. The largest absolute Gasteiger partial charge is 0.361 e. The van der Waals surface area contributed by atoms with Crippen molar-refractivity contribution in [2.45, 2.75) is 88.4 Å². The van der Waals surface area contributed by atoms with Crippen LogP contribution in [0.3, 0.4) is 0 Å². The molecule has 39 heavy (non-hydrogen) atoms. The quantitative estimate of drug-likeness (QED) is 0.505. The molecule has 0 radical (unpaired) electrons. The molecule has 5 atom stereocenters. The maximum atomic E-state index is 14.4. The minimum Gasteiger partial charge on any atom is -0.361 e. The number of likely N-dealkylation sites (tertiary alicyclic amines) is 2. The van der Waals surface area contributed by atoms with E-state index in [1.54, 1.807) is 20.0 Å². The van der Waals surface area contributed by atoms with E-state index in [9.17, 15) is 18.8 Å². The molecule has 4 aliphatic rings. The summed E-state index contributed by atoms with van der Waals surface area (Å²) in [7, 11) is 1.74. The van der Waals surface area contributed by atoms with Gasteiger partial charge in [0.15, 0.2) is 0 Å². The van der Waals surface area contributed by atoms with Crippen molar-refractivity contribution >= 4 is 28.6 Å². The van der Waals surface area contributed by atoms with Crippen LogP contribution in [0.25, 0.3) is 10.9 Å².